The van der Waals surface area contributed by atoms with Crippen molar-refractivity contribution in [3.8, 4) is 0 Å². The molecule has 0 bridgehead atoms. The van der Waals surface area contributed by atoms with Crippen LogP contribution in [0.5, 0.6) is 0 Å². The first-order valence-corrected chi connectivity index (χ1v) is 9.57. The second-order valence-corrected chi connectivity index (χ2v) is 7.47. The molecule has 130 valence electrons. The molecule has 0 radical (unpaired) electrons. The van der Waals surface area contributed by atoms with E-state index < -0.39 is 0 Å². The Hall–Kier alpha value is -2.28. The molecule has 4 heterocycles. The minimum absolute atomic E-state index is 0.228. The molecular weight excluding hydrogens is 334 g/mol. The lowest BCUT2D eigenvalue weighted by atomic mass is 9.96. The average molecular weight is 355 g/mol. The van der Waals surface area contributed by atoms with Crippen LogP contribution in [-0.2, 0) is 11.2 Å². The van der Waals surface area contributed by atoms with Crippen molar-refractivity contribution in [1.82, 2.24) is 24.5 Å². The van der Waals surface area contributed by atoms with E-state index in [0.717, 1.165) is 49.5 Å². The number of nitrogens with zero attached hydrogens (tertiary/aromatic N) is 5. The number of piperidine rings is 1. The maximum atomic E-state index is 12.7. The number of aryl methyl sites for hydroxylation is 2. The number of carbonyl (C=O) groups is 1. The number of thiazole rings is 1. The van der Waals surface area contributed by atoms with Gasteiger partial charge in [-0.3, -0.25) is 9.20 Å². The van der Waals surface area contributed by atoms with E-state index in [1.54, 1.807) is 11.3 Å². The van der Waals surface area contributed by atoms with E-state index in [9.17, 15) is 4.79 Å². The van der Waals surface area contributed by atoms with E-state index in [4.69, 9.17) is 0 Å². The molecule has 3 aromatic heterocycles. The van der Waals surface area contributed by atoms with Crippen LogP contribution in [0.3, 0.4) is 0 Å². The third-order valence-electron chi connectivity index (χ3n) is 4.89. The molecule has 1 atom stereocenters. The van der Waals surface area contributed by atoms with Crippen LogP contribution in [0.15, 0.2) is 29.9 Å². The summed E-state index contributed by atoms with van der Waals surface area (Å²) in [6, 6.07) is 5.91. The summed E-state index contributed by atoms with van der Waals surface area (Å²) in [4.78, 5) is 20.1. The lowest BCUT2D eigenvalue weighted by molar-refractivity contribution is -0.132. The summed E-state index contributed by atoms with van der Waals surface area (Å²) >= 11 is 1.63. The number of likely N-dealkylation sites (tertiary alicyclic amines) is 1. The molecule has 0 unspecified atom stereocenters. The number of rotatable bonds is 4. The molecule has 6 nitrogen and oxygen atoms in total. The molecule has 1 aliphatic heterocycles. The van der Waals surface area contributed by atoms with Crippen LogP contribution in [0, 0.1) is 6.92 Å². The molecule has 4 rings (SSSR count). The number of amides is 1. The van der Waals surface area contributed by atoms with E-state index >= 15 is 0 Å². The maximum absolute atomic E-state index is 12.7. The van der Waals surface area contributed by atoms with Crippen molar-refractivity contribution in [2.45, 2.75) is 38.5 Å². The van der Waals surface area contributed by atoms with Gasteiger partial charge < -0.3 is 4.90 Å². The van der Waals surface area contributed by atoms with Gasteiger partial charge in [0.2, 0.25) is 5.91 Å². The van der Waals surface area contributed by atoms with Gasteiger partial charge in [0.1, 0.15) is 5.82 Å². The molecule has 0 N–H and O–H groups in total. The fraction of sp³-hybridized carbons (Fsp3) is 0.444. The number of aromatic nitrogens is 4. The van der Waals surface area contributed by atoms with Crippen LogP contribution in [0.4, 0.5) is 0 Å². The first-order valence-electron chi connectivity index (χ1n) is 8.69. The molecule has 0 aliphatic carbocycles. The first-order chi connectivity index (χ1) is 12.2. The first kappa shape index (κ1) is 16.2. The van der Waals surface area contributed by atoms with Crippen molar-refractivity contribution in [2.24, 2.45) is 0 Å². The minimum atomic E-state index is 0.228. The van der Waals surface area contributed by atoms with Crippen molar-refractivity contribution >= 4 is 22.9 Å². The lowest BCUT2D eigenvalue weighted by Gasteiger charge is -2.32. The summed E-state index contributed by atoms with van der Waals surface area (Å²) in [5.41, 5.74) is 3.76. The molecule has 25 heavy (non-hydrogen) atoms. The van der Waals surface area contributed by atoms with Gasteiger partial charge in [0.15, 0.2) is 5.65 Å². The Kier molecular flexibility index (Phi) is 4.48. The van der Waals surface area contributed by atoms with Crippen LogP contribution < -0.4 is 0 Å². The Morgan fingerprint density at radius 1 is 1.36 bits per heavy atom. The van der Waals surface area contributed by atoms with Gasteiger partial charge in [-0.2, -0.15) is 0 Å². The molecule has 1 fully saturated rings. The highest BCUT2D eigenvalue weighted by Gasteiger charge is 2.27. The largest absolute Gasteiger partial charge is 0.342 e. The highest BCUT2D eigenvalue weighted by atomic mass is 32.1. The van der Waals surface area contributed by atoms with Crippen molar-refractivity contribution < 1.29 is 4.79 Å². The summed E-state index contributed by atoms with van der Waals surface area (Å²) < 4.78 is 2.04. The van der Waals surface area contributed by atoms with Gasteiger partial charge in [-0.15, -0.1) is 21.5 Å². The number of hydrogen-bond acceptors (Lipinski definition) is 5. The van der Waals surface area contributed by atoms with Crippen LogP contribution >= 0.6 is 11.3 Å². The Morgan fingerprint density at radius 2 is 2.28 bits per heavy atom. The molecular formula is C18H21N5OS. The van der Waals surface area contributed by atoms with Gasteiger partial charge >= 0.3 is 0 Å². The summed E-state index contributed by atoms with van der Waals surface area (Å²) in [7, 11) is 0. The number of carbonyl (C=O) groups excluding carboxylic acids is 1. The molecule has 1 amide bonds. The fourth-order valence-corrected chi connectivity index (χ4v) is 4.28. The van der Waals surface area contributed by atoms with Crippen LogP contribution in [-0.4, -0.2) is 43.5 Å². The van der Waals surface area contributed by atoms with Crippen molar-refractivity contribution in [3.05, 3.63) is 46.3 Å². The fourth-order valence-electron chi connectivity index (χ4n) is 3.50. The Morgan fingerprint density at radius 3 is 3.12 bits per heavy atom. The third kappa shape index (κ3) is 3.28. The van der Waals surface area contributed by atoms with E-state index in [1.807, 2.05) is 46.1 Å². The zero-order valence-electron chi connectivity index (χ0n) is 14.3. The highest BCUT2D eigenvalue weighted by Crippen LogP contribution is 2.26. The number of hydrogen-bond donors (Lipinski definition) is 0. The van der Waals surface area contributed by atoms with E-state index in [2.05, 4.69) is 15.2 Å². The number of fused-ring (bicyclic) bond motifs is 1. The van der Waals surface area contributed by atoms with E-state index in [1.165, 1.54) is 4.88 Å². The van der Waals surface area contributed by atoms with Gasteiger partial charge in [0, 0.05) is 36.5 Å². The SMILES string of the molecule is Cc1ncsc1CCC(=O)N1CCC[C@H](c2nnc3ccccn23)C1. The van der Waals surface area contributed by atoms with Gasteiger partial charge in [0.05, 0.1) is 11.2 Å². The van der Waals surface area contributed by atoms with Crippen LogP contribution in [0.2, 0.25) is 0 Å². The molecule has 7 heteroatoms. The quantitative estimate of drug-likeness (QED) is 0.722. The Bertz CT molecular complexity index is 886. The molecule has 1 aliphatic rings. The summed E-state index contributed by atoms with van der Waals surface area (Å²) in [5, 5.41) is 8.63. The van der Waals surface area contributed by atoms with Crippen molar-refractivity contribution in [1.29, 1.82) is 0 Å². The molecule has 0 saturated carbocycles. The molecule has 3 aromatic rings. The van der Waals surface area contributed by atoms with Crippen molar-refractivity contribution in [3.63, 3.8) is 0 Å². The smallest absolute Gasteiger partial charge is 0.222 e. The molecule has 0 aromatic carbocycles. The third-order valence-corrected chi connectivity index (χ3v) is 5.88. The van der Waals surface area contributed by atoms with E-state index in [-0.39, 0.29) is 11.8 Å². The predicted molar refractivity (Wildman–Crippen MR) is 96.7 cm³/mol. The monoisotopic (exact) mass is 355 g/mol. The topological polar surface area (TPSA) is 63.4 Å². The average Bonchev–Trinajstić information content (AvgIpc) is 3.26. The van der Waals surface area contributed by atoms with Gasteiger partial charge in [0.25, 0.3) is 0 Å². The Labute approximate surface area is 150 Å². The standard InChI is InChI=1S/C18H21N5OS/c1-13-15(25-12-19-13)7-8-17(24)22-9-4-5-14(11-22)18-21-20-16-6-2-3-10-23(16)18/h2-3,6,10,12,14H,4-5,7-9,11H2,1H3/t14-/m0/s1. The summed E-state index contributed by atoms with van der Waals surface area (Å²) in [6.07, 6.45) is 5.39. The normalized spacial score (nSPS) is 18.0. The Balaban J connectivity index is 1.44. The number of pyridine rings is 1. The molecule has 1 saturated heterocycles. The summed E-state index contributed by atoms with van der Waals surface area (Å²) in [6.45, 7) is 3.58. The van der Waals surface area contributed by atoms with Crippen LogP contribution in [0.1, 0.15) is 41.6 Å². The molecule has 0 spiro atoms. The zero-order chi connectivity index (χ0) is 17.2. The van der Waals surface area contributed by atoms with E-state index in [0.29, 0.717) is 6.42 Å². The lowest BCUT2D eigenvalue weighted by Crippen LogP contribution is -2.39. The van der Waals surface area contributed by atoms with Gasteiger partial charge in [-0.1, -0.05) is 6.07 Å². The van der Waals surface area contributed by atoms with Crippen molar-refractivity contribution in [2.75, 3.05) is 13.1 Å². The second kappa shape index (κ2) is 6.92. The second-order valence-electron chi connectivity index (χ2n) is 6.53. The predicted octanol–water partition coefficient (Wildman–Crippen LogP) is 2.83. The van der Waals surface area contributed by atoms with Gasteiger partial charge in [-0.25, -0.2) is 4.98 Å². The highest BCUT2D eigenvalue weighted by molar-refractivity contribution is 7.09. The summed E-state index contributed by atoms with van der Waals surface area (Å²) in [5.74, 6) is 1.44. The zero-order valence-corrected chi connectivity index (χ0v) is 15.1. The minimum Gasteiger partial charge on any atom is -0.342 e. The van der Waals surface area contributed by atoms with Crippen LogP contribution in [0.25, 0.3) is 5.65 Å². The maximum Gasteiger partial charge on any atom is 0.222 e. The van der Waals surface area contributed by atoms with Gasteiger partial charge in [-0.05, 0) is 38.3 Å².